The molecule has 6 rings (SSSR count). The van der Waals surface area contributed by atoms with Gasteiger partial charge >= 0.3 is 11.9 Å². The normalized spacial score (nSPS) is 41.7. The molecule has 4 aliphatic carbocycles. The lowest BCUT2D eigenvalue weighted by Crippen LogP contribution is -2.60. The predicted molar refractivity (Wildman–Crippen MR) is 163 cm³/mol. The number of carbonyl (C=O) groups excluding carboxylic acids is 3. The first kappa shape index (κ1) is 31.4. The van der Waals surface area contributed by atoms with E-state index in [1.54, 1.807) is 30.6 Å². The van der Waals surface area contributed by atoms with Crippen molar-refractivity contribution in [1.82, 2.24) is 4.98 Å². The number of epoxide rings is 1. The molecule has 0 aromatic carbocycles. The number of nitrogens with zero attached hydrogens (tertiary/aromatic N) is 1. The van der Waals surface area contributed by atoms with Gasteiger partial charge in [-0.2, -0.15) is 0 Å². The lowest BCUT2D eigenvalue weighted by molar-refractivity contribution is -0.172. The molecule has 0 radical (unpaired) electrons. The Morgan fingerprint density at radius 3 is 2.48 bits per heavy atom. The maximum Gasteiger partial charge on any atom is 0.339 e. The second kappa shape index (κ2) is 10.8. The Balaban J connectivity index is 1.28. The fourth-order valence-electron chi connectivity index (χ4n) is 10.3. The van der Waals surface area contributed by atoms with Gasteiger partial charge in [0.15, 0.2) is 5.78 Å². The van der Waals surface area contributed by atoms with E-state index >= 15 is 0 Å². The van der Waals surface area contributed by atoms with Crippen LogP contribution in [0.25, 0.3) is 0 Å². The minimum Gasteiger partial charge on any atom is -0.461 e. The number of aromatic nitrogens is 1. The van der Waals surface area contributed by atoms with Crippen LogP contribution in [0.2, 0.25) is 0 Å². The number of carbonyl (C=O) groups is 3. The zero-order valence-corrected chi connectivity index (χ0v) is 27.3. The summed E-state index contributed by atoms with van der Waals surface area (Å²) >= 11 is 0. The minimum absolute atomic E-state index is 0.0341. The lowest BCUT2D eigenvalue weighted by Gasteiger charge is -2.61. The number of esters is 2. The highest BCUT2D eigenvalue weighted by Crippen LogP contribution is 2.68. The Hall–Kier alpha value is -2.58. The average molecular weight is 608 g/mol. The summed E-state index contributed by atoms with van der Waals surface area (Å²) < 4.78 is 18.3. The monoisotopic (exact) mass is 607 g/mol. The van der Waals surface area contributed by atoms with Gasteiger partial charge in [-0.05, 0) is 106 Å². The molecule has 44 heavy (non-hydrogen) atoms. The summed E-state index contributed by atoms with van der Waals surface area (Å²) in [6.45, 7) is 14.5. The first-order valence-electron chi connectivity index (χ1n) is 16.5. The first-order chi connectivity index (χ1) is 20.6. The van der Waals surface area contributed by atoms with Crippen LogP contribution < -0.4 is 0 Å². The SMILES string of the molecule is CC(=O)OC1CC(=O)C=C2CC(O)C3C4CCC(C(C)C(CC5(C)OC5(C)C)OC(=O)c5cccnc5)C4(C)CCC3C21C. The van der Waals surface area contributed by atoms with E-state index in [0.717, 1.165) is 31.3 Å². The van der Waals surface area contributed by atoms with E-state index in [1.807, 2.05) is 0 Å². The third kappa shape index (κ3) is 4.95. The fraction of sp³-hybridized carbons (Fsp3) is 0.722. The molecule has 4 fully saturated rings. The first-order valence-corrected chi connectivity index (χ1v) is 16.5. The third-order valence-electron chi connectivity index (χ3n) is 13.1. The summed E-state index contributed by atoms with van der Waals surface area (Å²) in [4.78, 5) is 42.2. The van der Waals surface area contributed by atoms with Gasteiger partial charge < -0.3 is 19.3 Å². The highest BCUT2D eigenvalue weighted by atomic mass is 16.6. The number of pyridine rings is 1. The van der Waals surface area contributed by atoms with Gasteiger partial charge in [0.2, 0.25) is 0 Å². The van der Waals surface area contributed by atoms with Crippen molar-refractivity contribution < 1.29 is 33.7 Å². The number of aliphatic hydroxyl groups is 1. The standard InChI is InChI=1S/C36H49NO7/c1-20(29(18-35(6)33(3,4)44-35)43-32(41)22-9-8-14-37-19-22)25-10-11-26-31-27(12-13-34(25,26)5)36(7)23(16-28(31)40)15-24(39)17-30(36)42-21(2)38/h8-9,14-15,19-20,25-31,40H,10-13,16-18H2,1-7H3. The zero-order valence-electron chi connectivity index (χ0n) is 27.3. The lowest BCUT2D eigenvalue weighted by atomic mass is 9.45. The van der Waals surface area contributed by atoms with Crippen molar-refractivity contribution >= 4 is 17.7 Å². The van der Waals surface area contributed by atoms with E-state index in [0.29, 0.717) is 24.3 Å². The number of aliphatic hydroxyl groups excluding tert-OH is 1. The summed E-state index contributed by atoms with van der Waals surface area (Å²) in [6.07, 6.45) is 8.58. The minimum atomic E-state index is -0.555. The fourth-order valence-corrected chi connectivity index (χ4v) is 10.3. The summed E-state index contributed by atoms with van der Waals surface area (Å²) in [5, 5.41) is 11.7. The molecule has 1 saturated heterocycles. The van der Waals surface area contributed by atoms with Gasteiger partial charge in [0.1, 0.15) is 12.2 Å². The van der Waals surface area contributed by atoms with Gasteiger partial charge in [-0.25, -0.2) is 4.79 Å². The topological polar surface area (TPSA) is 115 Å². The summed E-state index contributed by atoms with van der Waals surface area (Å²) in [5.41, 5.74) is 0.192. The van der Waals surface area contributed by atoms with Gasteiger partial charge in [-0.3, -0.25) is 14.6 Å². The Morgan fingerprint density at radius 2 is 1.84 bits per heavy atom. The number of fused-ring (bicyclic) bond motifs is 5. The van der Waals surface area contributed by atoms with Crippen molar-refractivity contribution in [2.24, 2.45) is 40.4 Å². The van der Waals surface area contributed by atoms with E-state index in [4.69, 9.17) is 14.2 Å². The van der Waals surface area contributed by atoms with Crippen molar-refractivity contribution in [1.29, 1.82) is 0 Å². The highest BCUT2D eigenvalue weighted by molar-refractivity contribution is 5.92. The molecule has 8 heteroatoms. The van der Waals surface area contributed by atoms with Crippen molar-refractivity contribution in [3.05, 3.63) is 41.7 Å². The molecule has 11 atom stereocenters. The Morgan fingerprint density at radius 1 is 1.11 bits per heavy atom. The molecule has 0 amide bonds. The Kier molecular flexibility index (Phi) is 7.68. The van der Waals surface area contributed by atoms with Crippen molar-refractivity contribution in [3.8, 4) is 0 Å². The number of ketones is 1. The molecule has 8 nitrogen and oxygen atoms in total. The van der Waals surface area contributed by atoms with Crippen LogP contribution >= 0.6 is 0 Å². The molecule has 0 spiro atoms. The Labute approximate surface area is 261 Å². The number of ether oxygens (including phenoxy) is 3. The molecule has 240 valence electrons. The number of hydrogen-bond donors (Lipinski definition) is 1. The second-order valence-corrected chi connectivity index (χ2v) is 15.6. The molecule has 5 aliphatic rings. The van der Waals surface area contributed by atoms with Crippen molar-refractivity contribution in [2.45, 2.75) is 123 Å². The van der Waals surface area contributed by atoms with E-state index < -0.39 is 17.6 Å². The third-order valence-corrected chi connectivity index (χ3v) is 13.1. The maximum absolute atomic E-state index is 13.3. The van der Waals surface area contributed by atoms with E-state index in [-0.39, 0.29) is 70.5 Å². The summed E-state index contributed by atoms with van der Waals surface area (Å²) in [7, 11) is 0. The number of hydrogen-bond acceptors (Lipinski definition) is 8. The van der Waals surface area contributed by atoms with Crippen molar-refractivity contribution in [2.75, 3.05) is 0 Å². The Bertz CT molecular complexity index is 1360. The van der Waals surface area contributed by atoms with Crippen LogP contribution in [-0.2, 0) is 23.8 Å². The van der Waals surface area contributed by atoms with E-state index in [9.17, 15) is 19.5 Å². The van der Waals surface area contributed by atoms with Gasteiger partial charge in [0.05, 0.1) is 22.9 Å². The molecule has 1 aliphatic heterocycles. The molecule has 1 aromatic rings. The predicted octanol–water partition coefficient (Wildman–Crippen LogP) is 5.86. The molecule has 0 bridgehead atoms. The van der Waals surface area contributed by atoms with Crippen LogP contribution in [0.4, 0.5) is 0 Å². The smallest absolute Gasteiger partial charge is 0.339 e. The molecular weight excluding hydrogens is 558 g/mol. The highest BCUT2D eigenvalue weighted by Gasteiger charge is 2.66. The van der Waals surface area contributed by atoms with Crippen LogP contribution in [0.1, 0.15) is 104 Å². The van der Waals surface area contributed by atoms with Crippen LogP contribution in [-0.4, -0.2) is 57.3 Å². The van der Waals surface area contributed by atoms with Gasteiger partial charge in [-0.15, -0.1) is 0 Å². The van der Waals surface area contributed by atoms with E-state index in [1.165, 1.54) is 6.92 Å². The van der Waals surface area contributed by atoms with Gasteiger partial charge in [-0.1, -0.05) is 26.3 Å². The molecule has 1 aromatic heterocycles. The molecule has 11 unspecified atom stereocenters. The molecule has 1 N–H and O–H groups in total. The quantitative estimate of drug-likeness (QED) is 0.303. The maximum atomic E-state index is 13.3. The van der Waals surface area contributed by atoms with Crippen molar-refractivity contribution in [3.63, 3.8) is 0 Å². The summed E-state index contributed by atoms with van der Waals surface area (Å²) in [5.74, 6) is 0.0293. The summed E-state index contributed by atoms with van der Waals surface area (Å²) in [6, 6.07) is 3.48. The largest absolute Gasteiger partial charge is 0.461 e. The average Bonchev–Trinajstić information content (AvgIpc) is 3.26. The number of rotatable bonds is 7. The van der Waals surface area contributed by atoms with Gasteiger partial charge in [0.25, 0.3) is 0 Å². The van der Waals surface area contributed by atoms with E-state index in [2.05, 4.69) is 46.5 Å². The second-order valence-electron chi connectivity index (χ2n) is 15.6. The van der Waals surface area contributed by atoms with Crippen LogP contribution in [0.15, 0.2) is 36.2 Å². The molecule has 3 saturated carbocycles. The van der Waals surface area contributed by atoms with Crippen LogP contribution in [0.3, 0.4) is 0 Å². The zero-order chi connectivity index (χ0) is 31.8. The van der Waals surface area contributed by atoms with Crippen LogP contribution in [0.5, 0.6) is 0 Å². The van der Waals surface area contributed by atoms with Crippen LogP contribution in [0, 0.1) is 40.4 Å². The molecule has 2 heterocycles. The molecular formula is C36H49NO7. The van der Waals surface area contributed by atoms with Gasteiger partial charge in [0, 0.05) is 37.6 Å².